The molecule has 0 radical (unpaired) electrons. The second kappa shape index (κ2) is 7.43. The fourth-order valence-corrected chi connectivity index (χ4v) is 2.65. The number of carbonyl (C=O) groups excluding carboxylic acids is 1. The lowest BCUT2D eigenvalue weighted by atomic mass is 10.1. The zero-order chi connectivity index (χ0) is 14.4. The highest BCUT2D eigenvalue weighted by Gasteiger charge is 2.13. The van der Waals surface area contributed by atoms with Crippen LogP contribution in [0.25, 0.3) is 0 Å². The van der Waals surface area contributed by atoms with Gasteiger partial charge in [-0.15, -0.1) is 0 Å². The first-order valence-corrected chi connectivity index (χ1v) is 7.83. The normalized spacial score (nSPS) is 10.3. The van der Waals surface area contributed by atoms with Gasteiger partial charge in [0.25, 0.3) is 0 Å². The van der Waals surface area contributed by atoms with E-state index in [-0.39, 0.29) is 5.91 Å². The van der Waals surface area contributed by atoms with Crippen molar-refractivity contribution in [1.29, 1.82) is 0 Å². The standard InChI is InChI=1S/C17H18INO/c1-2-19(13-15-10-6-7-11-16(15)18)17(20)12-14-8-4-3-5-9-14/h3-11H,2,12-13H2,1H3. The van der Waals surface area contributed by atoms with Crippen LogP contribution in [0.15, 0.2) is 54.6 Å². The molecule has 2 nitrogen and oxygen atoms in total. The van der Waals surface area contributed by atoms with Crippen LogP contribution < -0.4 is 0 Å². The molecule has 0 saturated carbocycles. The van der Waals surface area contributed by atoms with Crippen molar-refractivity contribution in [3.05, 3.63) is 69.3 Å². The minimum absolute atomic E-state index is 0.179. The second-order valence-electron chi connectivity index (χ2n) is 4.66. The number of likely N-dealkylation sites (N-methyl/N-ethyl adjacent to an activating group) is 1. The Morgan fingerprint density at radius 3 is 2.35 bits per heavy atom. The summed E-state index contributed by atoms with van der Waals surface area (Å²) in [5.41, 5.74) is 2.27. The average molecular weight is 379 g/mol. The van der Waals surface area contributed by atoms with E-state index in [9.17, 15) is 4.79 Å². The molecular formula is C17H18INO. The van der Waals surface area contributed by atoms with Gasteiger partial charge in [0.2, 0.25) is 5.91 Å². The molecule has 0 aliphatic heterocycles. The molecule has 0 N–H and O–H groups in total. The Bertz CT molecular complexity index is 568. The molecule has 0 aromatic heterocycles. The van der Waals surface area contributed by atoms with E-state index in [1.54, 1.807) is 0 Å². The number of benzene rings is 2. The summed E-state index contributed by atoms with van der Waals surface area (Å²) in [4.78, 5) is 14.3. The quantitative estimate of drug-likeness (QED) is 0.722. The zero-order valence-electron chi connectivity index (χ0n) is 11.6. The molecule has 20 heavy (non-hydrogen) atoms. The van der Waals surface area contributed by atoms with Crippen molar-refractivity contribution in [1.82, 2.24) is 4.90 Å². The summed E-state index contributed by atoms with van der Waals surface area (Å²) in [5, 5.41) is 0. The van der Waals surface area contributed by atoms with Gasteiger partial charge in [-0.25, -0.2) is 0 Å². The molecule has 0 saturated heterocycles. The molecule has 3 heteroatoms. The lowest BCUT2D eigenvalue weighted by Gasteiger charge is -2.21. The van der Waals surface area contributed by atoms with Crippen LogP contribution in [0.5, 0.6) is 0 Å². The Morgan fingerprint density at radius 1 is 1.05 bits per heavy atom. The van der Waals surface area contributed by atoms with Crippen LogP contribution in [0.4, 0.5) is 0 Å². The summed E-state index contributed by atoms with van der Waals surface area (Å²) < 4.78 is 1.20. The Kier molecular flexibility index (Phi) is 5.59. The van der Waals surface area contributed by atoms with E-state index in [2.05, 4.69) is 34.7 Å². The molecule has 2 rings (SSSR count). The zero-order valence-corrected chi connectivity index (χ0v) is 13.7. The minimum Gasteiger partial charge on any atom is -0.338 e. The van der Waals surface area contributed by atoms with Crippen LogP contribution in [-0.2, 0) is 17.8 Å². The Labute approximate surface area is 133 Å². The smallest absolute Gasteiger partial charge is 0.227 e. The highest BCUT2D eigenvalue weighted by atomic mass is 127. The third kappa shape index (κ3) is 4.07. The maximum absolute atomic E-state index is 12.4. The number of rotatable bonds is 5. The molecule has 0 heterocycles. The van der Waals surface area contributed by atoms with Crippen LogP contribution >= 0.6 is 22.6 Å². The van der Waals surface area contributed by atoms with E-state index < -0.39 is 0 Å². The molecule has 2 aromatic rings. The maximum atomic E-state index is 12.4. The summed E-state index contributed by atoms with van der Waals surface area (Å²) in [6, 6.07) is 18.1. The molecule has 0 fully saturated rings. The van der Waals surface area contributed by atoms with Crippen LogP contribution in [0.1, 0.15) is 18.1 Å². The molecule has 1 amide bonds. The first-order valence-electron chi connectivity index (χ1n) is 6.75. The predicted molar refractivity (Wildman–Crippen MR) is 90.4 cm³/mol. The van der Waals surface area contributed by atoms with Crippen molar-refractivity contribution in [2.75, 3.05) is 6.54 Å². The fourth-order valence-electron chi connectivity index (χ4n) is 2.09. The molecule has 104 valence electrons. The van der Waals surface area contributed by atoms with Gasteiger partial charge in [0, 0.05) is 16.7 Å². The summed E-state index contributed by atoms with van der Waals surface area (Å²) >= 11 is 2.32. The lowest BCUT2D eigenvalue weighted by Crippen LogP contribution is -2.31. The number of hydrogen-bond donors (Lipinski definition) is 0. The summed E-state index contributed by atoms with van der Waals surface area (Å²) in [7, 11) is 0. The van der Waals surface area contributed by atoms with Gasteiger partial charge in [-0.3, -0.25) is 4.79 Å². The van der Waals surface area contributed by atoms with E-state index in [0.717, 1.165) is 12.1 Å². The summed E-state index contributed by atoms with van der Waals surface area (Å²) in [6.45, 7) is 3.44. The molecule has 0 spiro atoms. The van der Waals surface area contributed by atoms with Gasteiger partial charge in [-0.05, 0) is 46.7 Å². The summed E-state index contributed by atoms with van der Waals surface area (Å²) in [6.07, 6.45) is 0.470. The van der Waals surface area contributed by atoms with E-state index in [1.807, 2.05) is 54.3 Å². The van der Waals surface area contributed by atoms with Gasteiger partial charge in [0.1, 0.15) is 0 Å². The largest absolute Gasteiger partial charge is 0.338 e. The molecule has 0 bridgehead atoms. The number of hydrogen-bond acceptors (Lipinski definition) is 1. The number of nitrogens with zero attached hydrogens (tertiary/aromatic N) is 1. The SMILES string of the molecule is CCN(Cc1ccccc1I)C(=O)Cc1ccccc1. The van der Waals surface area contributed by atoms with Crippen LogP contribution in [0.2, 0.25) is 0 Å². The van der Waals surface area contributed by atoms with Gasteiger partial charge >= 0.3 is 0 Å². The number of carbonyl (C=O) groups is 1. The second-order valence-corrected chi connectivity index (χ2v) is 5.82. The minimum atomic E-state index is 0.179. The van der Waals surface area contributed by atoms with Gasteiger partial charge in [-0.2, -0.15) is 0 Å². The van der Waals surface area contributed by atoms with Crippen molar-refractivity contribution in [2.45, 2.75) is 19.9 Å². The Hall–Kier alpha value is -1.36. The van der Waals surface area contributed by atoms with E-state index in [1.165, 1.54) is 9.13 Å². The first-order chi connectivity index (χ1) is 9.70. The maximum Gasteiger partial charge on any atom is 0.227 e. The highest BCUT2D eigenvalue weighted by Crippen LogP contribution is 2.14. The monoisotopic (exact) mass is 379 g/mol. The van der Waals surface area contributed by atoms with Gasteiger partial charge in [0.05, 0.1) is 6.42 Å². The van der Waals surface area contributed by atoms with Gasteiger partial charge in [-0.1, -0.05) is 48.5 Å². The highest BCUT2D eigenvalue weighted by molar-refractivity contribution is 14.1. The Balaban J connectivity index is 2.05. The molecule has 2 aromatic carbocycles. The molecule has 0 unspecified atom stereocenters. The third-order valence-electron chi connectivity index (χ3n) is 3.25. The van der Waals surface area contributed by atoms with Crippen molar-refractivity contribution >= 4 is 28.5 Å². The average Bonchev–Trinajstić information content (AvgIpc) is 2.47. The Morgan fingerprint density at radius 2 is 1.70 bits per heavy atom. The number of halogens is 1. The van der Waals surface area contributed by atoms with Gasteiger partial charge in [0.15, 0.2) is 0 Å². The molecular weight excluding hydrogens is 361 g/mol. The van der Waals surface area contributed by atoms with E-state index in [0.29, 0.717) is 13.0 Å². The van der Waals surface area contributed by atoms with Crippen LogP contribution in [-0.4, -0.2) is 17.4 Å². The van der Waals surface area contributed by atoms with Crippen molar-refractivity contribution in [3.63, 3.8) is 0 Å². The molecule has 0 atom stereocenters. The topological polar surface area (TPSA) is 20.3 Å². The van der Waals surface area contributed by atoms with Gasteiger partial charge < -0.3 is 4.90 Å². The predicted octanol–water partition coefficient (Wildman–Crippen LogP) is 3.88. The van der Waals surface area contributed by atoms with Crippen molar-refractivity contribution in [3.8, 4) is 0 Å². The fraction of sp³-hybridized carbons (Fsp3) is 0.235. The third-order valence-corrected chi connectivity index (χ3v) is 4.30. The van der Waals surface area contributed by atoms with E-state index in [4.69, 9.17) is 0 Å². The molecule has 0 aliphatic carbocycles. The van der Waals surface area contributed by atoms with E-state index >= 15 is 0 Å². The lowest BCUT2D eigenvalue weighted by molar-refractivity contribution is -0.130. The van der Waals surface area contributed by atoms with Crippen molar-refractivity contribution < 1.29 is 4.79 Å². The van der Waals surface area contributed by atoms with Crippen molar-refractivity contribution in [2.24, 2.45) is 0 Å². The van der Waals surface area contributed by atoms with Crippen LogP contribution in [0.3, 0.4) is 0 Å². The first kappa shape index (κ1) is 15.0. The van der Waals surface area contributed by atoms with Crippen LogP contribution in [0, 0.1) is 3.57 Å². The number of amides is 1. The molecule has 0 aliphatic rings. The summed E-state index contributed by atoms with van der Waals surface area (Å²) in [5.74, 6) is 0.179.